The first-order chi connectivity index (χ1) is 22.5. The highest BCUT2D eigenvalue weighted by atomic mass is 32.2. The molecule has 4 rings (SSSR count). The predicted molar refractivity (Wildman–Crippen MR) is 184 cm³/mol. The van der Waals surface area contributed by atoms with Crippen LogP contribution in [0.15, 0.2) is 108 Å². The molecule has 0 bridgehead atoms. The Morgan fingerprint density at radius 3 is 2.09 bits per heavy atom. The fourth-order valence-corrected chi connectivity index (χ4v) is 6.60. The van der Waals surface area contributed by atoms with E-state index in [4.69, 9.17) is 9.47 Å². The van der Waals surface area contributed by atoms with Gasteiger partial charge in [0.05, 0.1) is 24.8 Å². The summed E-state index contributed by atoms with van der Waals surface area (Å²) in [6, 6.07) is 28.8. The van der Waals surface area contributed by atoms with Gasteiger partial charge in [0.1, 0.15) is 24.1 Å². The third kappa shape index (κ3) is 8.92. The average Bonchev–Trinajstić information content (AvgIpc) is 3.08. The number of aryl methyl sites for hydroxylation is 1. The number of carbonyl (C=O) groups is 2. The van der Waals surface area contributed by atoms with Gasteiger partial charge in [0, 0.05) is 19.5 Å². The Balaban J connectivity index is 1.83. The van der Waals surface area contributed by atoms with E-state index in [0.717, 1.165) is 21.0 Å². The zero-order chi connectivity index (χ0) is 34.0. The lowest BCUT2D eigenvalue weighted by molar-refractivity contribution is -0.140. The number of sulfonamides is 1. The van der Waals surface area contributed by atoms with Gasteiger partial charge in [-0.25, -0.2) is 8.42 Å². The SMILES string of the molecule is COc1ccc(S(=O)(=O)N(CC(=O)N(Cc2ccccc2C)C(Cc2ccccc2)C(=O)NCC(C)C)c2ccccc2OC)cc1. The van der Waals surface area contributed by atoms with Crippen molar-refractivity contribution in [3.05, 3.63) is 120 Å². The number of methoxy groups -OCH3 is 2. The normalized spacial score (nSPS) is 11.9. The van der Waals surface area contributed by atoms with E-state index in [0.29, 0.717) is 12.3 Å². The number of anilines is 1. The molecule has 248 valence electrons. The van der Waals surface area contributed by atoms with Crippen LogP contribution < -0.4 is 19.1 Å². The van der Waals surface area contributed by atoms with Crippen molar-refractivity contribution >= 4 is 27.5 Å². The third-order valence-corrected chi connectivity index (χ3v) is 9.61. The number of carbonyl (C=O) groups excluding carboxylic acids is 2. The van der Waals surface area contributed by atoms with E-state index in [2.05, 4.69) is 5.32 Å². The van der Waals surface area contributed by atoms with E-state index >= 15 is 0 Å². The van der Waals surface area contributed by atoms with E-state index in [1.54, 1.807) is 36.4 Å². The van der Waals surface area contributed by atoms with Crippen molar-refractivity contribution in [3.63, 3.8) is 0 Å². The molecule has 0 saturated carbocycles. The minimum absolute atomic E-state index is 0.0297. The molecule has 0 radical (unpaired) electrons. The second-order valence-corrected chi connectivity index (χ2v) is 13.5. The van der Waals surface area contributed by atoms with E-state index in [1.165, 1.54) is 31.3 Å². The number of hydrogen-bond donors (Lipinski definition) is 1. The van der Waals surface area contributed by atoms with Crippen LogP contribution in [0.1, 0.15) is 30.5 Å². The second-order valence-electron chi connectivity index (χ2n) is 11.7. The summed E-state index contributed by atoms with van der Waals surface area (Å²) in [5.74, 6) is 0.0959. The number of amides is 2. The van der Waals surface area contributed by atoms with Gasteiger partial charge >= 0.3 is 0 Å². The molecule has 2 amide bonds. The molecule has 0 aliphatic rings. The zero-order valence-corrected chi connectivity index (χ0v) is 28.4. The van der Waals surface area contributed by atoms with Crippen LogP contribution in [-0.4, -0.2) is 58.5 Å². The van der Waals surface area contributed by atoms with Gasteiger partial charge in [0.25, 0.3) is 10.0 Å². The third-order valence-electron chi connectivity index (χ3n) is 7.84. The number of hydrogen-bond acceptors (Lipinski definition) is 6. The van der Waals surface area contributed by atoms with Crippen molar-refractivity contribution < 1.29 is 27.5 Å². The predicted octanol–water partition coefficient (Wildman–Crippen LogP) is 5.62. The second kappa shape index (κ2) is 16.1. The lowest BCUT2D eigenvalue weighted by atomic mass is 10.0. The van der Waals surface area contributed by atoms with E-state index in [-0.39, 0.29) is 41.1 Å². The van der Waals surface area contributed by atoms with Gasteiger partial charge in [-0.1, -0.05) is 80.6 Å². The van der Waals surface area contributed by atoms with Gasteiger partial charge in [-0.15, -0.1) is 0 Å². The molecule has 0 spiro atoms. The van der Waals surface area contributed by atoms with Crippen LogP contribution in [0.2, 0.25) is 0 Å². The van der Waals surface area contributed by atoms with Crippen LogP contribution in [0.4, 0.5) is 5.69 Å². The number of rotatable bonds is 15. The van der Waals surface area contributed by atoms with Crippen LogP contribution in [0.25, 0.3) is 0 Å². The first-order valence-electron chi connectivity index (χ1n) is 15.5. The molecule has 4 aromatic carbocycles. The van der Waals surface area contributed by atoms with Gasteiger partial charge in [-0.3, -0.25) is 13.9 Å². The molecule has 1 unspecified atom stereocenters. The Morgan fingerprint density at radius 2 is 1.45 bits per heavy atom. The van der Waals surface area contributed by atoms with Gasteiger partial charge in [-0.05, 0) is 65.9 Å². The Hall–Kier alpha value is -4.83. The molecule has 1 atom stereocenters. The Kier molecular flexibility index (Phi) is 12.0. The molecule has 0 aliphatic heterocycles. The summed E-state index contributed by atoms with van der Waals surface area (Å²) in [5, 5.41) is 3.01. The maximum Gasteiger partial charge on any atom is 0.264 e. The van der Waals surface area contributed by atoms with E-state index in [1.807, 2.05) is 75.4 Å². The van der Waals surface area contributed by atoms with Gasteiger partial charge in [0.15, 0.2) is 0 Å². The summed E-state index contributed by atoms with van der Waals surface area (Å²) < 4.78 is 40.5. The highest BCUT2D eigenvalue weighted by Crippen LogP contribution is 2.33. The first-order valence-corrected chi connectivity index (χ1v) is 16.9. The van der Waals surface area contributed by atoms with Crippen molar-refractivity contribution in [2.75, 3.05) is 31.6 Å². The maximum absolute atomic E-state index is 14.7. The molecule has 4 aromatic rings. The molecule has 1 N–H and O–H groups in total. The number of para-hydroxylation sites is 2. The smallest absolute Gasteiger partial charge is 0.264 e. The Bertz CT molecular complexity index is 1740. The number of nitrogens with one attached hydrogen (secondary N) is 1. The Labute approximate surface area is 278 Å². The lowest BCUT2D eigenvalue weighted by Gasteiger charge is -2.34. The van der Waals surface area contributed by atoms with Crippen molar-refractivity contribution in [2.24, 2.45) is 5.92 Å². The summed E-state index contributed by atoms with van der Waals surface area (Å²) in [6.45, 7) is 5.88. The topological polar surface area (TPSA) is 105 Å². The van der Waals surface area contributed by atoms with Crippen LogP contribution in [0.3, 0.4) is 0 Å². The molecular formula is C37H43N3O6S. The summed E-state index contributed by atoms with van der Waals surface area (Å²) in [5.41, 5.74) is 2.85. The van der Waals surface area contributed by atoms with Crippen LogP contribution in [0.5, 0.6) is 11.5 Å². The number of benzene rings is 4. The van der Waals surface area contributed by atoms with Crippen LogP contribution in [-0.2, 0) is 32.6 Å². The van der Waals surface area contributed by atoms with Gasteiger partial charge in [-0.2, -0.15) is 0 Å². The highest BCUT2D eigenvalue weighted by molar-refractivity contribution is 7.92. The van der Waals surface area contributed by atoms with E-state index < -0.39 is 28.5 Å². The number of ether oxygens (including phenoxy) is 2. The summed E-state index contributed by atoms with van der Waals surface area (Å²) >= 11 is 0. The van der Waals surface area contributed by atoms with Gasteiger partial charge in [0.2, 0.25) is 11.8 Å². The molecule has 0 aliphatic carbocycles. The monoisotopic (exact) mass is 657 g/mol. The quantitative estimate of drug-likeness (QED) is 0.178. The fraction of sp³-hybridized carbons (Fsp3) is 0.297. The van der Waals surface area contributed by atoms with Crippen molar-refractivity contribution in [3.8, 4) is 11.5 Å². The first kappa shape index (κ1) is 35.0. The lowest BCUT2D eigenvalue weighted by Crippen LogP contribution is -2.53. The average molecular weight is 658 g/mol. The molecule has 0 fully saturated rings. The molecule has 10 heteroatoms. The highest BCUT2D eigenvalue weighted by Gasteiger charge is 2.35. The summed E-state index contributed by atoms with van der Waals surface area (Å²) in [6.07, 6.45) is 0.238. The van der Waals surface area contributed by atoms with Crippen molar-refractivity contribution in [2.45, 2.75) is 44.7 Å². The molecule has 0 saturated heterocycles. The fourth-order valence-electron chi connectivity index (χ4n) is 5.17. The van der Waals surface area contributed by atoms with Gasteiger partial charge < -0.3 is 19.7 Å². The summed E-state index contributed by atoms with van der Waals surface area (Å²) in [7, 11) is -1.36. The number of nitrogens with zero attached hydrogens (tertiary/aromatic N) is 2. The van der Waals surface area contributed by atoms with Crippen molar-refractivity contribution in [1.82, 2.24) is 10.2 Å². The van der Waals surface area contributed by atoms with Crippen LogP contribution >= 0.6 is 0 Å². The Morgan fingerprint density at radius 1 is 0.809 bits per heavy atom. The van der Waals surface area contributed by atoms with E-state index in [9.17, 15) is 18.0 Å². The minimum Gasteiger partial charge on any atom is -0.497 e. The largest absolute Gasteiger partial charge is 0.497 e. The zero-order valence-electron chi connectivity index (χ0n) is 27.6. The molecule has 0 heterocycles. The maximum atomic E-state index is 14.7. The summed E-state index contributed by atoms with van der Waals surface area (Å²) in [4.78, 5) is 30.1. The standard InChI is InChI=1S/C37H43N3O6S/c1-27(2)24-38-37(42)34(23-29-14-7-6-8-15-29)39(25-30-16-10-9-13-28(30)3)36(41)26-40(33-17-11-12-18-35(33)46-5)47(43,44)32-21-19-31(45-4)20-22-32/h6-22,27,34H,23-26H2,1-5H3,(H,38,42). The molecule has 0 aromatic heterocycles. The minimum atomic E-state index is -4.30. The van der Waals surface area contributed by atoms with Crippen molar-refractivity contribution in [1.29, 1.82) is 0 Å². The van der Waals surface area contributed by atoms with Crippen LogP contribution in [0, 0.1) is 12.8 Å². The molecule has 47 heavy (non-hydrogen) atoms. The molecule has 9 nitrogen and oxygen atoms in total. The molecular weight excluding hydrogens is 614 g/mol.